The van der Waals surface area contributed by atoms with Crippen LogP contribution in [0.5, 0.6) is 0 Å². The lowest BCUT2D eigenvalue weighted by molar-refractivity contribution is 0.304. The molecule has 98 valence electrons. The van der Waals surface area contributed by atoms with Gasteiger partial charge in [-0.15, -0.1) is 0 Å². The van der Waals surface area contributed by atoms with Gasteiger partial charge in [0.05, 0.1) is 22.3 Å². The lowest BCUT2D eigenvalue weighted by atomic mass is 9.85. The summed E-state index contributed by atoms with van der Waals surface area (Å²) in [7, 11) is 0. The van der Waals surface area contributed by atoms with Gasteiger partial charge in [-0.25, -0.2) is 0 Å². The summed E-state index contributed by atoms with van der Waals surface area (Å²) in [4.78, 5) is 0. The predicted octanol–water partition coefficient (Wildman–Crippen LogP) is 4.55. The van der Waals surface area contributed by atoms with Crippen LogP contribution in [0.4, 0.5) is 5.69 Å². The molecule has 1 rings (SSSR count). The Labute approximate surface area is 115 Å². The summed E-state index contributed by atoms with van der Waals surface area (Å²) >= 11 is 6.14. The molecule has 0 radical (unpaired) electrons. The van der Waals surface area contributed by atoms with Crippen molar-refractivity contribution < 1.29 is 0 Å². The highest BCUT2D eigenvalue weighted by Crippen LogP contribution is 2.25. The number of nitrogens with one attached hydrogen (secondary N) is 1. The first-order valence-electron chi connectivity index (χ1n) is 6.39. The maximum absolute atomic E-state index is 8.79. The molecule has 0 aliphatic heterocycles. The summed E-state index contributed by atoms with van der Waals surface area (Å²) in [6.07, 6.45) is 0. The van der Waals surface area contributed by atoms with E-state index in [4.69, 9.17) is 16.9 Å². The normalized spacial score (nSPS) is 11.1. The number of hydrogen-bond donors (Lipinski definition) is 1. The van der Waals surface area contributed by atoms with Gasteiger partial charge in [-0.2, -0.15) is 5.26 Å². The van der Waals surface area contributed by atoms with Crippen molar-refractivity contribution in [2.75, 3.05) is 11.9 Å². The maximum Gasteiger partial charge on any atom is 0.0992 e. The van der Waals surface area contributed by atoms with E-state index in [1.165, 1.54) is 0 Å². The Hall–Kier alpha value is -1.20. The van der Waals surface area contributed by atoms with Gasteiger partial charge >= 0.3 is 0 Å². The SMILES string of the molecule is CC(C)C(CNc1ccc(C#N)cc1Cl)C(C)C. The molecule has 0 aliphatic carbocycles. The van der Waals surface area contributed by atoms with Crippen LogP contribution in [0.3, 0.4) is 0 Å². The minimum absolute atomic E-state index is 0.592. The smallest absolute Gasteiger partial charge is 0.0992 e. The van der Waals surface area contributed by atoms with Crippen LogP contribution in [-0.4, -0.2) is 6.54 Å². The third kappa shape index (κ3) is 3.92. The zero-order chi connectivity index (χ0) is 13.7. The Morgan fingerprint density at radius 2 is 1.83 bits per heavy atom. The Kier molecular flexibility index (Phi) is 5.50. The fourth-order valence-electron chi connectivity index (χ4n) is 2.20. The standard InChI is InChI=1S/C15H21ClN2/c1-10(2)13(11(3)4)9-18-15-6-5-12(8-17)7-14(15)16/h5-7,10-11,13,18H,9H2,1-4H3. The fraction of sp³-hybridized carbons (Fsp3) is 0.533. The van der Waals surface area contributed by atoms with Gasteiger partial charge < -0.3 is 5.32 Å². The zero-order valence-corrected chi connectivity index (χ0v) is 12.3. The molecule has 18 heavy (non-hydrogen) atoms. The van der Waals surface area contributed by atoms with Crippen LogP contribution in [0.15, 0.2) is 18.2 Å². The lowest BCUT2D eigenvalue weighted by Crippen LogP contribution is -2.24. The Morgan fingerprint density at radius 3 is 2.28 bits per heavy atom. The molecule has 0 saturated carbocycles. The molecule has 3 heteroatoms. The van der Waals surface area contributed by atoms with Crippen molar-refractivity contribution >= 4 is 17.3 Å². The van der Waals surface area contributed by atoms with Crippen molar-refractivity contribution in [1.29, 1.82) is 5.26 Å². The summed E-state index contributed by atoms with van der Waals surface area (Å²) in [5, 5.41) is 12.8. The molecule has 1 N–H and O–H groups in total. The third-order valence-electron chi connectivity index (χ3n) is 3.34. The molecular weight excluding hydrogens is 244 g/mol. The van der Waals surface area contributed by atoms with Crippen LogP contribution in [0.1, 0.15) is 33.3 Å². The van der Waals surface area contributed by atoms with Crippen LogP contribution in [-0.2, 0) is 0 Å². The Balaban J connectivity index is 2.71. The molecule has 0 atom stereocenters. The molecule has 0 saturated heterocycles. The van der Waals surface area contributed by atoms with Crippen LogP contribution in [0.2, 0.25) is 5.02 Å². The van der Waals surface area contributed by atoms with Crippen molar-refractivity contribution in [3.63, 3.8) is 0 Å². The lowest BCUT2D eigenvalue weighted by Gasteiger charge is -2.25. The van der Waals surface area contributed by atoms with Gasteiger partial charge in [-0.1, -0.05) is 39.3 Å². The molecule has 0 spiro atoms. The highest BCUT2D eigenvalue weighted by Gasteiger charge is 2.17. The van der Waals surface area contributed by atoms with Crippen molar-refractivity contribution in [2.24, 2.45) is 17.8 Å². The van der Waals surface area contributed by atoms with Crippen molar-refractivity contribution in [3.05, 3.63) is 28.8 Å². The second-order valence-corrected chi connectivity index (χ2v) is 5.75. The van der Waals surface area contributed by atoms with E-state index in [1.807, 2.05) is 6.07 Å². The van der Waals surface area contributed by atoms with E-state index in [-0.39, 0.29) is 0 Å². The van der Waals surface area contributed by atoms with E-state index in [2.05, 4.69) is 39.1 Å². The number of hydrogen-bond acceptors (Lipinski definition) is 2. The predicted molar refractivity (Wildman–Crippen MR) is 77.8 cm³/mol. The minimum atomic E-state index is 0.592. The van der Waals surface area contributed by atoms with Gasteiger partial charge in [0.15, 0.2) is 0 Å². The molecule has 2 nitrogen and oxygen atoms in total. The largest absolute Gasteiger partial charge is 0.384 e. The molecule has 0 fully saturated rings. The number of halogens is 1. The topological polar surface area (TPSA) is 35.8 Å². The van der Waals surface area contributed by atoms with Crippen molar-refractivity contribution in [3.8, 4) is 6.07 Å². The highest BCUT2D eigenvalue weighted by atomic mass is 35.5. The van der Waals surface area contributed by atoms with Crippen LogP contribution in [0, 0.1) is 29.1 Å². The molecule has 0 aromatic heterocycles. The number of nitriles is 1. The van der Waals surface area contributed by atoms with Gasteiger partial charge in [0, 0.05) is 6.54 Å². The van der Waals surface area contributed by atoms with Crippen LogP contribution < -0.4 is 5.32 Å². The van der Waals surface area contributed by atoms with E-state index in [1.54, 1.807) is 12.1 Å². The molecule has 0 amide bonds. The molecule has 0 aliphatic rings. The van der Waals surface area contributed by atoms with Crippen molar-refractivity contribution in [2.45, 2.75) is 27.7 Å². The second kappa shape index (κ2) is 6.66. The summed E-state index contributed by atoms with van der Waals surface area (Å²) in [5.41, 5.74) is 1.50. The van der Waals surface area contributed by atoms with E-state index in [0.717, 1.165) is 12.2 Å². The van der Waals surface area contributed by atoms with Gasteiger partial charge in [-0.05, 0) is 36.0 Å². The van der Waals surface area contributed by atoms with Crippen LogP contribution in [0.25, 0.3) is 0 Å². The second-order valence-electron chi connectivity index (χ2n) is 5.34. The molecule has 1 aromatic carbocycles. The number of anilines is 1. The minimum Gasteiger partial charge on any atom is -0.384 e. The van der Waals surface area contributed by atoms with Gasteiger partial charge in [0.1, 0.15) is 0 Å². The average Bonchev–Trinajstić information content (AvgIpc) is 2.30. The monoisotopic (exact) mass is 264 g/mol. The van der Waals surface area contributed by atoms with Gasteiger partial charge in [0.25, 0.3) is 0 Å². The molecule has 0 unspecified atom stereocenters. The zero-order valence-electron chi connectivity index (χ0n) is 11.5. The molecule has 0 heterocycles. The number of rotatable bonds is 5. The van der Waals surface area contributed by atoms with E-state index >= 15 is 0 Å². The summed E-state index contributed by atoms with van der Waals surface area (Å²) in [5.74, 6) is 1.88. The number of benzene rings is 1. The quantitative estimate of drug-likeness (QED) is 0.847. The average molecular weight is 265 g/mol. The molecule has 1 aromatic rings. The third-order valence-corrected chi connectivity index (χ3v) is 3.65. The summed E-state index contributed by atoms with van der Waals surface area (Å²) in [6.45, 7) is 9.87. The van der Waals surface area contributed by atoms with E-state index in [0.29, 0.717) is 28.3 Å². The summed E-state index contributed by atoms with van der Waals surface area (Å²) < 4.78 is 0. The Morgan fingerprint density at radius 1 is 1.22 bits per heavy atom. The first-order valence-corrected chi connectivity index (χ1v) is 6.77. The molecular formula is C15H21ClN2. The maximum atomic E-state index is 8.79. The van der Waals surface area contributed by atoms with Gasteiger partial charge in [-0.3, -0.25) is 0 Å². The van der Waals surface area contributed by atoms with Crippen LogP contribution >= 0.6 is 11.6 Å². The fourth-order valence-corrected chi connectivity index (χ4v) is 2.44. The summed E-state index contributed by atoms with van der Waals surface area (Å²) in [6, 6.07) is 7.44. The number of nitrogens with zero attached hydrogens (tertiary/aromatic N) is 1. The van der Waals surface area contributed by atoms with E-state index < -0.39 is 0 Å². The molecule has 0 bridgehead atoms. The van der Waals surface area contributed by atoms with Gasteiger partial charge in [0.2, 0.25) is 0 Å². The first-order chi connectivity index (χ1) is 8.45. The first kappa shape index (κ1) is 14.9. The van der Waals surface area contributed by atoms with E-state index in [9.17, 15) is 0 Å². The Bertz CT molecular complexity index is 425. The highest BCUT2D eigenvalue weighted by molar-refractivity contribution is 6.33. The van der Waals surface area contributed by atoms with Crippen molar-refractivity contribution in [1.82, 2.24) is 0 Å².